The maximum atomic E-state index is 11.6. The van der Waals surface area contributed by atoms with E-state index in [1.807, 2.05) is 0 Å². The highest BCUT2D eigenvalue weighted by Gasteiger charge is 2.24. The first kappa shape index (κ1) is 10.5. The van der Waals surface area contributed by atoms with Crippen LogP contribution in [-0.2, 0) is 4.79 Å². The van der Waals surface area contributed by atoms with Crippen molar-refractivity contribution < 1.29 is 4.79 Å². The molecule has 0 heterocycles. The van der Waals surface area contributed by atoms with Gasteiger partial charge in [0.25, 0.3) is 0 Å². The fourth-order valence-electron chi connectivity index (χ4n) is 2.08. The summed E-state index contributed by atoms with van der Waals surface area (Å²) >= 11 is 0. The van der Waals surface area contributed by atoms with Gasteiger partial charge in [-0.25, -0.2) is 0 Å². The molecule has 74 valence electrons. The molecule has 1 aliphatic carbocycles. The van der Waals surface area contributed by atoms with Gasteiger partial charge in [0.05, 0.1) is 0 Å². The Hall–Kier alpha value is -0.590. The minimum atomic E-state index is 0.191. The molecule has 0 radical (unpaired) electrons. The molecule has 0 amide bonds. The molecule has 0 aliphatic heterocycles. The molecule has 13 heavy (non-hydrogen) atoms. The molecule has 1 saturated carbocycles. The van der Waals surface area contributed by atoms with Gasteiger partial charge in [-0.1, -0.05) is 32.4 Å². The van der Waals surface area contributed by atoms with Gasteiger partial charge in [-0.2, -0.15) is 0 Å². The largest absolute Gasteiger partial charge is 0.299 e. The fourth-order valence-corrected chi connectivity index (χ4v) is 2.08. The first-order valence-corrected chi connectivity index (χ1v) is 5.31. The summed E-state index contributed by atoms with van der Waals surface area (Å²) in [5.74, 6) is 1.25. The molecule has 0 spiro atoms. The van der Waals surface area contributed by atoms with Gasteiger partial charge in [0.15, 0.2) is 0 Å². The Bertz CT molecular complexity index is 203. The van der Waals surface area contributed by atoms with Crippen LogP contribution in [0.4, 0.5) is 0 Å². The Morgan fingerprint density at radius 2 is 2.23 bits per heavy atom. The monoisotopic (exact) mass is 180 g/mol. The second kappa shape index (κ2) is 4.59. The van der Waals surface area contributed by atoms with Crippen molar-refractivity contribution in [1.82, 2.24) is 0 Å². The number of carbonyl (C=O) groups is 1. The Labute approximate surface area is 81.2 Å². The SMILES string of the molecule is C=C(CC(C)C)C1CCCCC1=O. The highest BCUT2D eigenvalue weighted by atomic mass is 16.1. The summed E-state index contributed by atoms with van der Waals surface area (Å²) in [4.78, 5) is 11.6. The van der Waals surface area contributed by atoms with E-state index in [-0.39, 0.29) is 5.92 Å². The lowest BCUT2D eigenvalue weighted by molar-refractivity contribution is -0.123. The summed E-state index contributed by atoms with van der Waals surface area (Å²) in [6, 6.07) is 0. The van der Waals surface area contributed by atoms with Gasteiger partial charge in [0.2, 0.25) is 0 Å². The highest BCUT2D eigenvalue weighted by Crippen LogP contribution is 2.29. The van der Waals surface area contributed by atoms with E-state index in [9.17, 15) is 4.79 Å². The summed E-state index contributed by atoms with van der Waals surface area (Å²) in [6.07, 6.45) is 5.13. The molecule has 1 unspecified atom stereocenters. The average Bonchev–Trinajstić information content (AvgIpc) is 2.03. The molecule has 0 aromatic rings. The van der Waals surface area contributed by atoms with Gasteiger partial charge < -0.3 is 0 Å². The molecule has 0 aromatic heterocycles. The molecule has 1 nitrogen and oxygen atoms in total. The third-order valence-electron chi connectivity index (χ3n) is 2.72. The van der Waals surface area contributed by atoms with Crippen molar-refractivity contribution in [2.24, 2.45) is 11.8 Å². The van der Waals surface area contributed by atoms with E-state index in [0.717, 1.165) is 25.7 Å². The van der Waals surface area contributed by atoms with Crippen molar-refractivity contribution in [3.8, 4) is 0 Å². The second-order valence-electron chi connectivity index (χ2n) is 4.52. The van der Waals surface area contributed by atoms with Gasteiger partial charge >= 0.3 is 0 Å². The van der Waals surface area contributed by atoms with Gasteiger partial charge in [-0.3, -0.25) is 4.79 Å². The van der Waals surface area contributed by atoms with Gasteiger partial charge in [-0.15, -0.1) is 0 Å². The van der Waals surface area contributed by atoms with Crippen molar-refractivity contribution in [1.29, 1.82) is 0 Å². The molecular formula is C12H20O. The zero-order chi connectivity index (χ0) is 9.84. The van der Waals surface area contributed by atoms with Crippen LogP contribution in [0, 0.1) is 11.8 Å². The van der Waals surface area contributed by atoms with Crippen LogP contribution in [0.2, 0.25) is 0 Å². The predicted octanol–water partition coefficient (Wildman–Crippen LogP) is 3.35. The van der Waals surface area contributed by atoms with Crippen LogP contribution in [0.3, 0.4) is 0 Å². The average molecular weight is 180 g/mol. The number of carbonyl (C=O) groups excluding carboxylic acids is 1. The first-order valence-electron chi connectivity index (χ1n) is 5.31. The third-order valence-corrected chi connectivity index (χ3v) is 2.72. The Balaban J connectivity index is 2.49. The molecule has 0 N–H and O–H groups in total. The van der Waals surface area contributed by atoms with Gasteiger partial charge in [0.1, 0.15) is 5.78 Å². The molecule has 0 aromatic carbocycles. The van der Waals surface area contributed by atoms with Crippen LogP contribution < -0.4 is 0 Å². The van der Waals surface area contributed by atoms with E-state index in [1.54, 1.807) is 0 Å². The van der Waals surface area contributed by atoms with Crippen molar-refractivity contribution >= 4 is 5.78 Å². The van der Waals surface area contributed by atoms with E-state index < -0.39 is 0 Å². The summed E-state index contributed by atoms with van der Waals surface area (Å²) in [6.45, 7) is 8.41. The minimum Gasteiger partial charge on any atom is -0.299 e. The van der Waals surface area contributed by atoms with Crippen molar-refractivity contribution in [3.63, 3.8) is 0 Å². The zero-order valence-electron chi connectivity index (χ0n) is 8.81. The summed E-state index contributed by atoms with van der Waals surface area (Å²) in [5, 5.41) is 0. The van der Waals surface area contributed by atoms with Crippen LogP contribution in [0.5, 0.6) is 0 Å². The van der Waals surface area contributed by atoms with Crippen molar-refractivity contribution in [3.05, 3.63) is 12.2 Å². The quantitative estimate of drug-likeness (QED) is 0.609. The van der Waals surface area contributed by atoms with E-state index in [1.165, 1.54) is 12.0 Å². The zero-order valence-corrected chi connectivity index (χ0v) is 8.81. The van der Waals surface area contributed by atoms with E-state index in [0.29, 0.717) is 11.7 Å². The molecule has 1 heteroatoms. The maximum Gasteiger partial charge on any atom is 0.139 e. The van der Waals surface area contributed by atoms with E-state index in [2.05, 4.69) is 20.4 Å². The number of Topliss-reactive ketones (excluding diaryl/α,β-unsaturated/α-hetero) is 1. The maximum absolute atomic E-state index is 11.6. The number of allylic oxidation sites excluding steroid dienone is 1. The van der Waals surface area contributed by atoms with Gasteiger partial charge in [0, 0.05) is 12.3 Å². The summed E-state index contributed by atoms with van der Waals surface area (Å²) in [7, 11) is 0. The lowest BCUT2D eigenvalue weighted by Gasteiger charge is -2.23. The molecule has 0 bridgehead atoms. The molecule has 0 saturated heterocycles. The van der Waals surface area contributed by atoms with Crippen LogP contribution in [0.15, 0.2) is 12.2 Å². The third kappa shape index (κ3) is 2.98. The van der Waals surface area contributed by atoms with Crippen molar-refractivity contribution in [2.75, 3.05) is 0 Å². The highest BCUT2D eigenvalue weighted by molar-refractivity contribution is 5.84. The molecular weight excluding hydrogens is 160 g/mol. The molecule has 1 fully saturated rings. The number of hydrogen-bond donors (Lipinski definition) is 0. The van der Waals surface area contributed by atoms with Gasteiger partial charge in [-0.05, 0) is 25.2 Å². The molecule has 1 aliphatic rings. The topological polar surface area (TPSA) is 17.1 Å². The number of ketones is 1. The molecule has 1 atom stereocenters. The van der Waals surface area contributed by atoms with Crippen LogP contribution in [-0.4, -0.2) is 5.78 Å². The minimum absolute atomic E-state index is 0.191. The number of hydrogen-bond acceptors (Lipinski definition) is 1. The summed E-state index contributed by atoms with van der Waals surface area (Å²) < 4.78 is 0. The lowest BCUT2D eigenvalue weighted by Crippen LogP contribution is -2.21. The standard InChI is InChI=1S/C12H20O/c1-9(2)8-10(3)11-6-4-5-7-12(11)13/h9,11H,3-8H2,1-2H3. The van der Waals surface area contributed by atoms with Crippen LogP contribution >= 0.6 is 0 Å². The normalized spacial score (nSPS) is 23.6. The first-order chi connectivity index (χ1) is 6.11. The molecule has 1 rings (SSSR count). The second-order valence-corrected chi connectivity index (χ2v) is 4.52. The van der Waals surface area contributed by atoms with Crippen molar-refractivity contribution in [2.45, 2.75) is 46.0 Å². The smallest absolute Gasteiger partial charge is 0.139 e. The number of rotatable bonds is 3. The van der Waals surface area contributed by atoms with Crippen LogP contribution in [0.1, 0.15) is 46.0 Å². The Morgan fingerprint density at radius 3 is 2.77 bits per heavy atom. The fraction of sp³-hybridized carbons (Fsp3) is 0.750. The summed E-state index contributed by atoms with van der Waals surface area (Å²) in [5.41, 5.74) is 1.17. The van der Waals surface area contributed by atoms with E-state index in [4.69, 9.17) is 0 Å². The van der Waals surface area contributed by atoms with E-state index >= 15 is 0 Å². The van der Waals surface area contributed by atoms with Crippen LogP contribution in [0.25, 0.3) is 0 Å². The lowest BCUT2D eigenvalue weighted by atomic mass is 9.80. The Kier molecular flexibility index (Phi) is 3.71. The Morgan fingerprint density at radius 1 is 1.54 bits per heavy atom. The predicted molar refractivity (Wildman–Crippen MR) is 55.6 cm³/mol.